The molecule has 1 aromatic heterocycles. The van der Waals surface area contributed by atoms with Crippen molar-refractivity contribution in [1.29, 1.82) is 0 Å². The number of aryl methyl sites for hydroxylation is 2. The summed E-state index contributed by atoms with van der Waals surface area (Å²) >= 11 is 0. The number of dihydropyridines is 1. The summed E-state index contributed by atoms with van der Waals surface area (Å²) in [6, 6.07) is 4.91. The molecule has 0 saturated heterocycles. The third kappa shape index (κ3) is 2.93. The highest BCUT2D eigenvalue weighted by Crippen LogP contribution is 2.24. The van der Waals surface area contributed by atoms with Crippen molar-refractivity contribution in [3.63, 3.8) is 0 Å². The second-order valence-electron chi connectivity index (χ2n) is 5.59. The summed E-state index contributed by atoms with van der Waals surface area (Å²) in [5, 5.41) is 4.16. The molecule has 0 aliphatic carbocycles. The standard InChI is InChI=1S/C17H18FN3O/c1-11-4-5-14(6-15(11)18)22-17-7-16(19-8-12(17)2)13-9-20-21(3)10-13/h4-7,9-10,12H,8H2,1-3H3. The number of allylic oxidation sites excluding steroid dienone is 1. The Hall–Kier alpha value is -2.43. The minimum Gasteiger partial charge on any atom is -0.461 e. The van der Waals surface area contributed by atoms with Gasteiger partial charge in [-0.2, -0.15) is 5.10 Å². The van der Waals surface area contributed by atoms with E-state index < -0.39 is 0 Å². The molecule has 0 radical (unpaired) electrons. The number of hydrogen-bond donors (Lipinski definition) is 0. The van der Waals surface area contributed by atoms with Crippen LogP contribution in [0.4, 0.5) is 4.39 Å². The van der Waals surface area contributed by atoms with Crippen molar-refractivity contribution in [3.8, 4) is 5.75 Å². The Morgan fingerprint density at radius 2 is 2.18 bits per heavy atom. The molecule has 4 nitrogen and oxygen atoms in total. The molecule has 0 fully saturated rings. The molecule has 0 bridgehead atoms. The van der Waals surface area contributed by atoms with Crippen LogP contribution in [0.3, 0.4) is 0 Å². The number of hydrogen-bond acceptors (Lipinski definition) is 3. The molecule has 0 saturated carbocycles. The van der Waals surface area contributed by atoms with E-state index in [0.29, 0.717) is 17.9 Å². The Morgan fingerprint density at radius 3 is 2.86 bits per heavy atom. The zero-order valence-electron chi connectivity index (χ0n) is 12.9. The number of benzene rings is 1. The molecule has 2 aromatic rings. The van der Waals surface area contributed by atoms with Crippen molar-refractivity contribution < 1.29 is 9.13 Å². The predicted octanol–water partition coefficient (Wildman–Crippen LogP) is 3.27. The molecule has 3 rings (SSSR count). The average Bonchev–Trinajstić information content (AvgIpc) is 2.92. The number of rotatable bonds is 3. The monoisotopic (exact) mass is 299 g/mol. The maximum absolute atomic E-state index is 13.6. The fraction of sp³-hybridized carbons (Fsp3) is 0.294. The topological polar surface area (TPSA) is 39.4 Å². The van der Waals surface area contributed by atoms with Crippen LogP contribution in [0.25, 0.3) is 0 Å². The lowest BCUT2D eigenvalue weighted by atomic mass is 10.0. The largest absolute Gasteiger partial charge is 0.461 e. The Morgan fingerprint density at radius 1 is 1.36 bits per heavy atom. The highest BCUT2D eigenvalue weighted by Gasteiger charge is 2.19. The number of aromatic nitrogens is 2. The maximum atomic E-state index is 13.6. The van der Waals surface area contributed by atoms with Gasteiger partial charge in [-0.05, 0) is 18.6 Å². The summed E-state index contributed by atoms with van der Waals surface area (Å²) in [6.45, 7) is 4.42. The van der Waals surface area contributed by atoms with Gasteiger partial charge in [0.15, 0.2) is 0 Å². The highest BCUT2D eigenvalue weighted by atomic mass is 19.1. The Balaban J connectivity index is 1.86. The van der Waals surface area contributed by atoms with E-state index in [-0.39, 0.29) is 11.7 Å². The van der Waals surface area contributed by atoms with Gasteiger partial charge < -0.3 is 4.74 Å². The molecule has 5 heteroatoms. The van der Waals surface area contributed by atoms with Gasteiger partial charge in [0.05, 0.1) is 11.9 Å². The second-order valence-corrected chi connectivity index (χ2v) is 5.59. The van der Waals surface area contributed by atoms with Crippen LogP contribution in [-0.2, 0) is 7.05 Å². The Kier molecular flexibility index (Phi) is 3.79. The van der Waals surface area contributed by atoms with Crippen LogP contribution in [0.1, 0.15) is 18.1 Å². The van der Waals surface area contributed by atoms with Crippen molar-refractivity contribution in [1.82, 2.24) is 9.78 Å². The predicted molar refractivity (Wildman–Crippen MR) is 83.6 cm³/mol. The highest BCUT2D eigenvalue weighted by molar-refractivity contribution is 6.09. The van der Waals surface area contributed by atoms with E-state index in [1.54, 1.807) is 29.9 Å². The quantitative estimate of drug-likeness (QED) is 0.872. The minimum atomic E-state index is -0.261. The second kappa shape index (κ2) is 5.75. The molecule has 1 aromatic carbocycles. The van der Waals surface area contributed by atoms with Gasteiger partial charge >= 0.3 is 0 Å². The summed E-state index contributed by atoms with van der Waals surface area (Å²) in [7, 11) is 1.87. The summed E-state index contributed by atoms with van der Waals surface area (Å²) in [5.41, 5.74) is 2.40. The summed E-state index contributed by atoms with van der Waals surface area (Å²) in [5.74, 6) is 1.19. The van der Waals surface area contributed by atoms with Crippen LogP contribution >= 0.6 is 0 Å². The van der Waals surface area contributed by atoms with E-state index in [0.717, 1.165) is 17.0 Å². The first-order chi connectivity index (χ1) is 10.5. The molecule has 114 valence electrons. The molecular formula is C17H18FN3O. The molecule has 0 amide bonds. The van der Waals surface area contributed by atoms with Crippen molar-refractivity contribution in [2.24, 2.45) is 18.0 Å². The van der Waals surface area contributed by atoms with E-state index in [1.807, 2.05) is 26.2 Å². The normalized spacial score (nSPS) is 17.9. The van der Waals surface area contributed by atoms with Crippen LogP contribution in [0.2, 0.25) is 0 Å². The summed E-state index contributed by atoms with van der Waals surface area (Å²) < 4.78 is 21.3. The molecule has 1 aliphatic rings. The third-order valence-electron chi connectivity index (χ3n) is 3.68. The number of nitrogens with zero attached hydrogens (tertiary/aromatic N) is 3. The fourth-order valence-corrected chi connectivity index (χ4v) is 2.28. The average molecular weight is 299 g/mol. The van der Waals surface area contributed by atoms with Gasteiger partial charge in [0.2, 0.25) is 0 Å². The third-order valence-corrected chi connectivity index (χ3v) is 3.68. The van der Waals surface area contributed by atoms with Gasteiger partial charge in [-0.1, -0.05) is 13.0 Å². The lowest BCUT2D eigenvalue weighted by molar-refractivity contribution is 0.357. The van der Waals surface area contributed by atoms with Gasteiger partial charge in [-0.15, -0.1) is 0 Å². The van der Waals surface area contributed by atoms with Gasteiger partial charge in [0.25, 0.3) is 0 Å². The van der Waals surface area contributed by atoms with E-state index in [2.05, 4.69) is 10.1 Å². The lowest BCUT2D eigenvalue weighted by Crippen LogP contribution is -2.17. The molecule has 1 aliphatic heterocycles. The van der Waals surface area contributed by atoms with Gasteiger partial charge in [-0.25, -0.2) is 4.39 Å². The van der Waals surface area contributed by atoms with Crippen molar-refractivity contribution >= 4 is 5.71 Å². The van der Waals surface area contributed by atoms with E-state index in [9.17, 15) is 4.39 Å². The van der Waals surface area contributed by atoms with E-state index in [4.69, 9.17) is 4.74 Å². The first-order valence-corrected chi connectivity index (χ1v) is 7.22. The van der Waals surface area contributed by atoms with Gasteiger partial charge in [-0.3, -0.25) is 9.67 Å². The molecule has 22 heavy (non-hydrogen) atoms. The molecule has 2 heterocycles. The van der Waals surface area contributed by atoms with Gasteiger partial charge in [0, 0.05) is 43.4 Å². The van der Waals surface area contributed by atoms with Crippen molar-refractivity contribution in [3.05, 3.63) is 59.4 Å². The van der Waals surface area contributed by atoms with Gasteiger partial charge in [0.1, 0.15) is 17.3 Å². The fourth-order valence-electron chi connectivity index (χ4n) is 2.28. The minimum absolute atomic E-state index is 0.157. The van der Waals surface area contributed by atoms with Crippen LogP contribution in [-0.4, -0.2) is 22.0 Å². The van der Waals surface area contributed by atoms with Crippen LogP contribution in [0, 0.1) is 18.7 Å². The van der Waals surface area contributed by atoms with E-state index in [1.165, 1.54) is 6.07 Å². The smallest absolute Gasteiger partial charge is 0.129 e. The lowest BCUT2D eigenvalue weighted by Gasteiger charge is -2.20. The Bertz CT molecular complexity index is 761. The zero-order chi connectivity index (χ0) is 15.7. The van der Waals surface area contributed by atoms with Crippen LogP contribution in [0.15, 0.2) is 47.4 Å². The Labute approximate surface area is 128 Å². The first-order valence-electron chi connectivity index (χ1n) is 7.22. The van der Waals surface area contributed by atoms with Crippen molar-refractivity contribution in [2.45, 2.75) is 13.8 Å². The summed E-state index contributed by atoms with van der Waals surface area (Å²) in [4.78, 5) is 4.55. The molecule has 0 spiro atoms. The SMILES string of the molecule is Cc1ccc(OC2=CC(c3cnn(C)c3)=NCC2C)cc1F. The zero-order valence-corrected chi connectivity index (χ0v) is 12.9. The van der Waals surface area contributed by atoms with Crippen LogP contribution < -0.4 is 4.74 Å². The molecule has 1 atom stereocenters. The molecule has 1 unspecified atom stereocenters. The van der Waals surface area contributed by atoms with Crippen LogP contribution in [0.5, 0.6) is 5.75 Å². The number of ether oxygens (including phenoxy) is 1. The number of halogens is 1. The maximum Gasteiger partial charge on any atom is 0.129 e. The number of aliphatic imine (C=N–C) groups is 1. The van der Waals surface area contributed by atoms with E-state index >= 15 is 0 Å². The summed E-state index contributed by atoms with van der Waals surface area (Å²) in [6.07, 6.45) is 5.59. The first kappa shape index (κ1) is 14.5. The molecule has 0 N–H and O–H groups in total. The molecular weight excluding hydrogens is 281 g/mol. The van der Waals surface area contributed by atoms with Crippen molar-refractivity contribution in [2.75, 3.05) is 6.54 Å².